The summed E-state index contributed by atoms with van der Waals surface area (Å²) in [6.45, 7) is 6.31. The molecule has 1 aromatic carbocycles. The second-order valence-corrected chi connectivity index (χ2v) is 6.56. The molecule has 2 fully saturated rings. The third-order valence-corrected chi connectivity index (χ3v) is 4.06. The molecule has 0 aromatic heterocycles. The second-order valence-electron chi connectivity index (χ2n) is 6.56. The Kier molecular flexibility index (Phi) is 4.57. The van der Waals surface area contributed by atoms with Gasteiger partial charge in [-0.1, -0.05) is 12.1 Å². The molecule has 1 N–H and O–H groups in total. The summed E-state index contributed by atoms with van der Waals surface area (Å²) >= 11 is 0. The zero-order valence-corrected chi connectivity index (χ0v) is 14.0. The van der Waals surface area contributed by atoms with Gasteiger partial charge in [-0.2, -0.15) is 0 Å². The average molecular weight is 330 g/mol. The maximum atomic E-state index is 11.9. The van der Waals surface area contributed by atoms with Gasteiger partial charge in [-0.15, -0.1) is 0 Å². The molecule has 0 aliphatic carbocycles. The highest BCUT2D eigenvalue weighted by Gasteiger charge is 2.38. The highest BCUT2D eigenvalue weighted by atomic mass is 16.7. The smallest absolute Gasteiger partial charge is 0.350 e. The van der Waals surface area contributed by atoms with Crippen LogP contribution in [0.25, 0.3) is 0 Å². The van der Waals surface area contributed by atoms with Crippen molar-refractivity contribution in [3.8, 4) is 0 Å². The summed E-state index contributed by atoms with van der Waals surface area (Å²) in [5.41, 5.74) is 1.89. The van der Waals surface area contributed by atoms with Crippen molar-refractivity contribution in [2.24, 2.45) is 0 Å². The Morgan fingerprint density at radius 3 is 2.25 bits per heavy atom. The summed E-state index contributed by atoms with van der Waals surface area (Å²) in [6, 6.07) is 7.93. The molecule has 0 radical (unpaired) electrons. The normalized spacial score (nSPS) is 20.5. The fourth-order valence-corrected chi connectivity index (χ4v) is 2.84. The van der Waals surface area contributed by atoms with E-state index in [-0.39, 0.29) is 5.57 Å². The number of hydrogen-bond acceptors (Lipinski definition) is 6. The quantitative estimate of drug-likeness (QED) is 0.519. The Labute approximate surface area is 141 Å². The molecule has 2 heterocycles. The predicted octanol–water partition coefficient (Wildman–Crippen LogP) is 2.41. The largest absolute Gasteiger partial charge is 0.419 e. The van der Waals surface area contributed by atoms with E-state index in [4.69, 9.17) is 9.47 Å². The van der Waals surface area contributed by atoms with E-state index in [2.05, 4.69) is 10.2 Å². The van der Waals surface area contributed by atoms with E-state index in [9.17, 15) is 9.59 Å². The van der Waals surface area contributed by atoms with Gasteiger partial charge in [0.2, 0.25) is 0 Å². The molecule has 0 saturated carbocycles. The summed E-state index contributed by atoms with van der Waals surface area (Å²) in [4.78, 5) is 26.1. The molecular formula is C18H22N2O4. The number of carbonyl (C=O) groups excluding carboxylic acids is 2. The number of nitrogens with one attached hydrogen (secondary N) is 1. The van der Waals surface area contributed by atoms with Crippen molar-refractivity contribution in [1.29, 1.82) is 0 Å². The highest BCUT2D eigenvalue weighted by molar-refractivity contribution is 6.15. The first-order valence-corrected chi connectivity index (χ1v) is 8.18. The van der Waals surface area contributed by atoms with Gasteiger partial charge < -0.3 is 14.8 Å². The van der Waals surface area contributed by atoms with Crippen LogP contribution in [0.15, 0.2) is 36.0 Å². The lowest BCUT2D eigenvalue weighted by molar-refractivity contribution is -0.222. The Balaban J connectivity index is 1.61. The van der Waals surface area contributed by atoms with E-state index in [1.807, 2.05) is 24.3 Å². The molecule has 2 aliphatic heterocycles. The van der Waals surface area contributed by atoms with E-state index < -0.39 is 17.7 Å². The molecule has 0 spiro atoms. The SMILES string of the molecule is CC1(C)OC(=O)C(=CNc2ccc(CN3CCCC3)cc2)C(=O)O1. The minimum atomic E-state index is -1.22. The maximum absolute atomic E-state index is 11.9. The fraction of sp³-hybridized carbons (Fsp3) is 0.444. The van der Waals surface area contributed by atoms with Gasteiger partial charge in [-0.25, -0.2) is 9.59 Å². The molecule has 1 aromatic rings. The number of anilines is 1. The van der Waals surface area contributed by atoms with Crippen LogP contribution in [0.5, 0.6) is 0 Å². The van der Waals surface area contributed by atoms with Crippen molar-refractivity contribution in [2.75, 3.05) is 18.4 Å². The summed E-state index contributed by atoms with van der Waals surface area (Å²) < 4.78 is 10.1. The Morgan fingerprint density at radius 1 is 1.08 bits per heavy atom. The number of ether oxygens (including phenoxy) is 2. The summed E-state index contributed by atoms with van der Waals surface area (Å²) in [5.74, 6) is -2.59. The summed E-state index contributed by atoms with van der Waals surface area (Å²) in [5, 5.41) is 2.95. The lowest BCUT2D eigenvalue weighted by atomic mass is 10.2. The van der Waals surface area contributed by atoms with Crippen LogP contribution in [-0.4, -0.2) is 35.7 Å². The van der Waals surface area contributed by atoms with Crippen LogP contribution in [0.4, 0.5) is 5.69 Å². The molecule has 128 valence electrons. The van der Waals surface area contributed by atoms with Crippen LogP contribution in [0.2, 0.25) is 0 Å². The maximum Gasteiger partial charge on any atom is 0.350 e. The number of nitrogens with zero attached hydrogens (tertiary/aromatic N) is 1. The van der Waals surface area contributed by atoms with Crippen LogP contribution >= 0.6 is 0 Å². The third kappa shape index (κ3) is 3.94. The summed E-state index contributed by atoms with van der Waals surface area (Å²) in [7, 11) is 0. The molecular weight excluding hydrogens is 308 g/mol. The van der Waals surface area contributed by atoms with Crippen molar-refractivity contribution in [1.82, 2.24) is 4.90 Å². The molecule has 0 atom stereocenters. The highest BCUT2D eigenvalue weighted by Crippen LogP contribution is 2.23. The number of carbonyl (C=O) groups is 2. The minimum Gasteiger partial charge on any atom is -0.419 e. The molecule has 2 saturated heterocycles. The van der Waals surface area contributed by atoms with Crippen LogP contribution < -0.4 is 5.32 Å². The first-order chi connectivity index (χ1) is 11.4. The van der Waals surface area contributed by atoms with Crippen molar-refractivity contribution in [3.63, 3.8) is 0 Å². The molecule has 0 bridgehead atoms. The lowest BCUT2D eigenvalue weighted by Gasteiger charge is -2.29. The minimum absolute atomic E-state index is 0.143. The van der Waals surface area contributed by atoms with Gasteiger partial charge in [-0.3, -0.25) is 4.90 Å². The zero-order valence-electron chi connectivity index (χ0n) is 14.0. The average Bonchev–Trinajstić information content (AvgIpc) is 3.00. The van der Waals surface area contributed by atoms with E-state index in [0.29, 0.717) is 0 Å². The number of rotatable bonds is 4. The Bertz CT molecular complexity index is 636. The van der Waals surface area contributed by atoms with Gasteiger partial charge in [0.1, 0.15) is 0 Å². The third-order valence-electron chi connectivity index (χ3n) is 4.06. The topological polar surface area (TPSA) is 67.9 Å². The van der Waals surface area contributed by atoms with Gasteiger partial charge in [0.15, 0.2) is 5.57 Å². The first kappa shape index (κ1) is 16.5. The molecule has 6 heteroatoms. The van der Waals surface area contributed by atoms with Crippen molar-refractivity contribution in [2.45, 2.75) is 39.0 Å². The molecule has 24 heavy (non-hydrogen) atoms. The Hall–Kier alpha value is -2.34. The first-order valence-electron chi connectivity index (χ1n) is 8.18. The van der Waals surface area contributed by atoms with Crippen molar-refractivity contribution < 1.29 is 19.1 Å². The molecule has 3 rings (SSSR count). The van der Waals surface area contributed by atoms with E-state index >= 15 is 0 Å². The molecule has 0 amide bonds. The number of esters is 2. The summed E-state index contributed by atoms with van der Waals surface area (Å²) in [6.07, 6.45) is 3.88. The van der Waals surface area contributed by atoms with Crippen molar-refractivity contribution in [3.05, 3.63) is 41.6 Å². The lowest BCUT2D eigenvalue weighted by Crippen LogP contribution is -2.42. The molecule has 2 aliphatic rings. The van der Waals surface area contributed by atoms with Crippen molar-refractivity contribution >= 4 is 17.6 Å². The monoisotopic (exact) mass is 330 g/mol. The second kappa shape index (κ2) is 6.65. The van der Waals surface area contributed by atoms with E-state index in [1.54, 1.807) is 0 Å². The molecule has 6 nitrogen and oxygen atoms in total. The molecule has 0 unspecified atom stereocenters. The van der Waals surface area contributed by atoms with E-state index in [1.165, 1.54) is 38.5 Å². The van der Waals surface area contributed by atoms with Gasteiger partial charge in [0.05, 0.1) is 0 Å². The number of likely N-dealkylation sites (tertiary alicyclic amines) is 1. The fourth-order valence-electron chi connectivity index (χ4n) is 2.84. The Morgan fingerprint density at radius 2 is 1.67 bits per heavy atom. The van der Waals surface area contributed by atoms with Gasteiger partial charge >= 0.3 is 11.9 Å². The van der Waals surface area contributed by atoms with Crippen LogP contribution in [0, 0.1) is 0 Å². The number of cyclic esters (lactones) is 2. The number of benzene rings is 1. The van der Waals surface area contributed by atoms with Gasteiger partial charge in [0, 0.05) is 32.3 Å². The van der Waals surface area contributed by atoms with E-state index in [0.717, 1.165) is 25.3 Å². The van der Waals surface area contributed by atoms with Gasteiger partial charge in [0.25, 0.3) is 5.79 Å². The standard InChI is InChI=1S/C18H22N2O4/c1-18(2)23-16(21)15(17(22)24-18)11-19-14-7-5-13(6-8-14)12-20-9-3-4-10-20/h5-8,11,19H,3-4,9-10,12H2,1-2H3. The van der Waals surface area contributed by atoms with Crippen LogP contribution in [-0.2, 0) is 25.6 Å². The number of hydrogen-bond donors (Lipinski definition) is 1. The van der Waals surface area contributed by atoms with Crippen LogP contribution in [0.3, 0.4) is 0 Å². The van der Waals surface area contributed by atoms with Gasteiger partial charge in [-0.05, 0) is 43.6 Å². The zero-order chi connectivity index (χ0) is 17.2. The van der Waals surface area contributed by atoms with Crippen LogP contribution in [0.1, 0.15) is 32.3 Å². The predicted molar refractivity (Wildman–Crippen MR) is 88.9 cm³/mol.